The molecule has 2 aromatic rings. The van der Waals surface area contributed by atoms with Gasteiger partial charge >= 0.3 is 12.6 Å². The zero-order chi connectivity index (χ0) is 19.6. The predicted molar refractivity (Wildman–Crippen MR) is 96.9 cm³/mol. The maximum Gasteiger partial charge on any atom is 0.387 e. The Bertz CT molecular complexity index is 793. The fourth-order valence-corrected chi connectivity index (χ4v) is 2.36. The first kappa shape index (κ1) is 20.4. The minimum absolute atomic E-state index is 0.0722. The Morgan fingerprint density at radius 3 is 2.74 bits per heavy atom. The Balaban J connectivity index is 1.81. The first-order valence-corrected chi connectivity index (χ1v) is 8.38. The van der Waals surface area contributed by atoms with Crippen molar-refractivity contribution in [1.82, 2.24) is 4.98 Å². The Kier molecular flexibility index (Phi) is 7.73. The topological polar surface area (TPSA) is 57.7 Å². The number of esters is 1. The van der Waals surface area contributed by atoms with Crippen LogP contribution < -0.4 is 9.47 Å². The minimum Gasteiger partial charge on any atom is -0.493 e. The molecule has 0 bridgehead atoms. The highest BCUT2D eigenvalue weighted by molar-refractivity contribution is 5.87. The van der Waals surface area contributed by atoms with Gasteiger partial charge < -0.3 is 14.2 Å². The second kappa shape index (κ2) is 10.3. The van der Waals surface area contributed by atoms with Gasteiger partial charge in [-0.15, -0.1) is 0 Å². The number of pyridine rings is 1. The van der Waals surface area contributed by atoms with Gasteiger partial charge in [0.2, 0.25) is 0 Å². The number of aryl methyl sites for hydroxylation is 2. The Labute approximate surface area is 156 Å². The summed E-state index contributed by atoms with van der Waals surface area (Å²) in [6.45, 7) is -0.732. The van der Waals surface area contributed by atoms with Crippen LogP contribution in [0.4, 0.5) is 8.78 Å². The third kappa shape index (κ3) is 7.05. The molecule has 0 spiro atoms. The molecular weight excluding hydrogens is 356 g/mol. The highest BCUT2D eigenvalue weighted by atomic mass is 19.3. The standard InChI is InChI=1S/C20H21F2NO4/c1-14-5-3-6-16(23-14)7-4-12-26-19(24)11-9-15-8-10-17(27-20(21)22)18(13-15)25-2/h3,5-6,8-11,13,20H,4,7,12H2,1-2H3/b11-9+. The van der Waals surface area contributed by atoms with Crippen molar-refractivity contribution in [2.45, 2.75) is 26.4 Å². The number of ether oxygens (including phenoxy) is 3. The quantitative estimate of drug-likeness (QED) is 0.373. The Hall–Kier alpha value is -2.96. The molecule has 0 aliphatic heterocycles. The van der Waals surface area contributed by atoms with Gasteiger partial charge in [-0.3, -0.25) is 4.98 Å². The van der Waals surface area contributed by atoms with E-state index in [1.165, 1.54) is 37.5 Å². The van der Waals surface area contributed by atoms with Crippen molar-refractivity contribution in [3.05, 3.63) is 59.4 Å². The SMILES string of the molecule is COc1cc(/C=C/C(=O)OCCCc2cccc(C)n2)ccc1OC(F)F. The van der Waals surface area contributed by atoms with E-state index in [-0.39, 0.29) is 18.1 Å². The number of carbonyl (C=O) groups excluding carboxylic acids is 1. The number of hydrogen-bond donors (Lipinski definition) is 0. The van der Waals surface area contributed by atoms with Gasteiger partial charge in [0.05, 0.1) is 13.7 Å². The first-order chi connectivity index (χ1) is 13.0. The molecule has 27 heavy (non-hydrogen) atoms. The van der Waals surface area contributed by atoms with Crippen molar-refractivity contribution in [2.75, 3.05) is 13.7 Å². The Morgan fingerprint density at radius 2 is 2.04 bits per heavy atom. The molecule has 0 fully saturated rings. The molecule has 0 atom stereocenters. The van der Waals surface area contributed by atoms with E-state index in [4.69, 9.17) is 9.47 Å². The van der Waals surface area contributed by atoms with Crippen LogP contribution in [0.5, 0.6) is 11.5 Å². The highest BCUT2D eigenvalue weighted by Crippen LogP contribution is 2.29. The van der Waals surface area contributed by atoms with Crippen LogP contribution in [0.15, 0.2) is 42.5 Å². The van der Waals surface area contributed by atoms with E-state index in [2.05, 4.69) is 9.72 Å². The average molecular weight is 377 g/mol. The molecule has 0 saturated carbocycles. The van der Waals surface area contributed by atoms with E-state index in [1.54, 1.807) is 0 Å². The lowest BCUT2D eigenvalue weighted by Crippen LogP contribution is -2.04. The molecule has 0 radical (unpaired) electrons. The van der Waals surface area contributed by atoms with Crippen molar-refractivity contribution in [2.24, 2.45) is 0 Å². The van der Waals surface area contributed by atoms with Crippen LogP contribution in [0, 0.1) is 6.92 Å². The van der Waals surface area contributed by atoms with Gasteiger partial charge in [-0.25, -0.2) is 4.79 Å². The molecular formula is C20H21F2NO4. The molecule has 1 aromatic carbocycles. The fourth-order valence-electron chi connectivity index (χ4n) is 2.36. The summed E-state index contributed by atoms with van der Waals surface area (Å²) in [5.74, 6) is -0.410. The number of benzene rings is 1. The third-order valence-corrected chi connectivity index (χ3v) is 3.58. The molecule has 0 unspecified atom stereocenters. The van der Waals surface area contributed by atoms with E-state index in [9.17, 15) is 13.6 Å². The summed E-state index contributed by atoms with van der Waals surface area (Å²) >= 11 is 0. The molecule has 5 nitrogen and oxygen atoms in total. The lowest BCUT2D eigenvalue weighted by atomic mass is 10.2. The van der Waals surface area contributed by atoms with Crippen LogP contribution in [0.2, 0.25) is 0 Å². The van der Waals surface area contributed by atoms with E-state index < -0.39 is 12.6 Å². The van der Waals surface area contributed by atoms with E-state index in [0.29, 0.717) is 12.0 Å². The summed E-state index contributed by atoms with van der Waals surface area (Å²) in [6.07, 6.45) is 4.18. The second-order valence-corrected chi connectivity index (χ2v) is 5.66. The summed E-state index contributed by atoms with van der Waals surface area (Å²) < 4.78 is 39.1. The van der Waals surface area contributed by atoms with Crippen LogP contribution in [-0.4, -0.2) is 31.3 Å². The minimum atomic E-state index is -2.94. The van der Waals surface area contributed by atoms with Crippen LogP contribution in [0.3, 0.4) is 0 Å². The van der Waals surface area contributed by atoms with Crippen LogP contribution in [0.1, 0.15) is 23.4 Å². The second-order valence-electron chi connectivity index (χ2n) is 5.66. The van der Waals surface area contributed by atoms with Gasteiger partial charge in [0, 0.05) is 17.5 Å². The van der Waals surface area contributed by atoms with Crippen molar-refractivity contribution >= 4 is 12.0 Å². The van der Waals surface area contributed by atoms with Crippen molar-refractivity contribution < 1.29 is 27.8 Å². The summed E-state index contributed by atoms with van der Waals surface area (Å²) in [5, 5.41) is 0. The lowest BCUT2D eigenvalue weighted by Gasteiger charge is -2.10. The smallest absolute Gasteiger partial charge is 0.387 e. The van der Waals surface area contributed by atoms with Crippen LogP contribution >= 0.6 is 0 Å². The molecule has 7 heteroatoms. The zero-order valence-corrected chi connectivity index (χ0v) is 15.2. The van der Waals surface area contributed by atoms with Gasteiger partial charge in [-0.1, -0.05) is 12.1 Å². The largest absolute Gasteiger partial charge is 0.493 e. The van der Waals surface area contributed by atoms with E-state index in [1.807, 2.05) is 25.1 Å². The van der Waals surface area contributed by atoms with Crippen molar-refractivity contribution in [1.29, 1.82) is 0 Å². The number of aromatic nitrogens is 1. The van der Waals surface area contributed by atoms with E-state index >= 15 is 0 Å². The average Bonchev–Trinajstić information content (AvgIpc) is 2.64. The van der Waals surface area contributed by atoms with Gasteiger partial charge in [-0.05, 0) is 55.7 Å². The number of carbonyl (C=O) groups is 1. The van der Waals surface area contributed by atoms with Gasteiger partial charge in [-0.2, -0.15) is 8.78 Å². The van der Waals surface area contributed by atoms with Crippen molar-refractivity contribution in [3.8, 4) is 11.5 Å². The molecule has 1 heterocycles. The molecule has 2 rings (SSSR count). The molecule has 1 aromatic heterocycles. The zero-order valence-electron chi connectivity index (χ0n) is 15.2. The third-order valence-electron chi connectivity index (χ3n) is 3.58. The summed E-state index contributed by atoms with van der Waals surface area (Å²) in [5.41, 5.74) is 2.50. The lowest BCUT2D eigenvalue weighted by molar-refractivity contribution is -0.137. The van der Waals surface area contributed by atoms with Gasteiger partial charge in [0.1, 0.15) is 0 Å². The van der Waals surface area contributed by atoms with E-state index in [0.717, 1.165) is 17.8 Å². The number of nitrogens with zero attached hydrogens (tertiary/aromatic N) is 1. The molecule has 0 aliphatic carbocycles. The molecule has 0 amide bonds. The first-order valence-electron chi connectivity index (χ1n) is 8.38. The molecule has 0 aliphatic rings. The number of hydrogen-bond acceptors (Lipinski definition) is 5. The van der Waals surface area contributed by atoms with Gasteiger partial charge in [0.25, 0.3) is 0 Å². The summed E-state index contributed by atoms with van der Waals surface area (Å²) in [6, 6.07) is 10.2. The fraction of sp³-hybridized carbons (Fsp3) is 0.300. The van der Waals surface area contributed by atoms with Crippen LogP contribution in [-0.2, 0) is 16.0 Å². The molecule has 0 N–H and O–H groups in total. The maximum atomic E-state index is 12.3. The van der Waals surface area contributed by atoms with Crippen molar-refractivity contribution in [3.63, 3.8) is 0 Å². The number of halogens is 2. The monoisotopic (exact) mass is 377 g/mol. The maximum absolute atomic E-state index is 12.3. The Morgan fingerprint density at radius 1 is 1.22 bits per heavy atom. The summed E-state index contributed by atoms with van der Waals surface area (Å²) in [4.78, 5) is 16.2. The predicted octanol–water partition coefficient (Wildman–Crippen LogP) is 4.19. The molecule has 0 saturated heterocycles. The van der Waals surface area contributed by atoms with Crippen LogP contribution in [0.25, 0.3) is 6.08 Å². The number of alkyl halides is 2. The molecule has 144 valence electrons. The van der Waals surface area contributed by atoms with Gasteiger partial charge in [0.15, 0.2) is 11.5 Å². The highest BCUT2D eigenvalue weighted by Gasteiger charge is 2.10. The normalized spacial score (nSPS) is 11.0. The number of rotatable bonds is 9. The number of methoxy groups -OCH3 is 1. The summed E-state index contributed by atoms with van der Waals surface area (Å²) in [7, 11) is 1.35.